The Bertz CT molecular complexity index is 303. The number of rotatable bonds is 3. The van der Waals surface area contributed by atoms with Gasteiger partial charge >= 0.3 is 5.97 Å². The van der Waals surface area contributed by atoms with E-state index in [4.69, 9.17) is 10.2 Å². The molecule has 0 radical (unpaired) electrons. The van der Waals surface area contributed by atoms with Crippen LogP contribution in [0.25, 0.3) is 6.08 Å². The van der Waals surface area contributed by atoms with Gasteiger partial charge in [0.2, 0.25) is 0 Å². The van der Waals surface area contributed by atoms with Crippen molar-refractivity contribution in [3.05, 3.63) is 23.5 Å². The maximum absolute atomic E-state index is 10.5. The third kappa shape index (κ3) is 1.70. The van der Waals surface area contributed by atoms with Crippen molar-refractivity contribution in [2.45, 2.75) is 0 Å². The molecule has 0 aliphatic rings. The zero-order valence-electron chi connectivity index (χ0n) is 6.19. The lowest BCUT2D eigenvalue weighted by atomic mass is 10.2. The zero-order chi connectivity index (χ0) is 8.97. The number of aromatic carboxylic acids is 1. The molecule has 0 atom stereocenters. The number of carboxylic acids is 1. The van der Waals surface area contributed by atoms with E-state index in [1.807, 2.05) is 0 Å². The molecule has 0 aliphatic carbocycles. The lowest BCUT2D eigenvalue weighted by molar-refractivity contribution is 0.0690. The second kappa shape index (κ2) is 3.68. The number of hydrogen-bond acceptors (Lipinski definition) is 3. The molecule has 1 heterocycles. The van der Waals surface area contributed by atoms with Gasteiger partial charge in [0.1, 0.15) is 0 Å². The molecule has 1 aromatic heterocycles. The Morgan fingerprint density at radius 3 is 3.08 bits per heavy atom. The van der Waals surface area contributed by atoms with Crippen LogP contribution in [-0.2, 0) is 0 Å². The lowest BCUT2D eigenvalue weighted by Crippen LogP contribution is -1.98. The molecule has 1 rings (SSSR count). The van der Waals surface area contributed by atoms with Gasteiger partial charge in [0.25, 0.3) is 0 Å². The summed E-state index contributed by atoms with van der Waals surface area (Å²) in [6.07, 6.45) is 4.32. The first-order chi connectivity index (χ1) is 5.75. The van der Waals surface area contributed by atoms with Crippen LogP contribution in [0.4, 0.5) is 0 Å². The summed E-state index contributed by atoms with van der Waals surface area (Å²) in [7, 11) is 0. The van der Waals surface area contributed by atoms with Gasteiger partial charge in [0, 0.05) is 5.56 Å². The summed E-state index contributed by atoms with van der Waals surface area (Å²) in [4.78, 5) is 10.5. The maximum Gasteiger partial charge on any atom is 0.354 e. The first-order valence-corrected chi connectivity index (χ1v) is 3.29. The molecule has 12 heavy (non-hydrogen) atoms. The molecule has 0 spiro atoms. The van der Waals surface area contributed by atoms with E-state index in [9.17, 15) is 4.79 Å². The quantitative estimate of drug-likeness (QED) is 0.598. The van der Waals surface area contributed by atoms with Crippen LogP contribution >= 0.6 is 0 Å². The number of nitrogens with zero attached hydrogens (tertiary/aromatic N) is 1. The van der Waals surface area contributed by atoms with Gasteiger partial charge in [-0.25, -0.2) is 4.79 Å². The number of aromatic nitrogens is 2. The molecule has 1 aromatic rings. The third-order valence-corrected chi connectivity index (χ3v) is 1.29. The molecular formula is C7H8N2O3. The van der Waals surface area contributed by atoms with E-state index >= 15 is 0 Å². The highest BCUT2D eigenvalue weighted by molar-refractivity contribution is 5.89. The Morgan fingerprint density at radius 1 is 1.75 bits per heavy atom. The minimum Gasteiger partial charge on any atom is -0.477 e. The molecule has 0 saturated heterocycles. The van der Waals surface area contributed by atoms with Gasteiger partial charge in [-0.3, -0.25) is 5.10 Å². The van der Waals surface area contributed by atoms with Crippen LogP contribution in [0, 0.1) is 0 Å². The molecule has 0 fully saturated rings. The Balaban J connectivity index is 2.91. The van der Waals surface area contributed by atoms with E-state index in [2.05, 4.69) is 10.2 Å². The minimum absolute atomic E-state index is 0.0275. The molecule has 0 aliphatic heterocycles. The lowest BCUT2D eigenvalue weighted by Gasteiger charge is -1.89. The van der Waals surface area contributed by atoms with E-state index in [-0.39, 0.29) is 12.3 Å². The van der Waals surface area contributed by atoms with Crippen molar-refractivity contribution in [2.75, 3.05) is 6.61 Å². The number of aliphatic hydroxyl groups excluding tert-OH is 1. The van der Waals surface area contributed by atoms with Gasteiger partial charge < -0.3 is 10.2 Å². The summed E-state index contributed by atoms with van der Waals surface area (Å²) in [5, 5.41) is 22.9. The molecule has 3 N–H and O–H groups in total. The van der Waals surface area contributed by atoms with Crippen molar-refractivity contribution >= 4 is 12.0 Å². The van der Waals surface area contributed by atoms with Crippen molar-refractivity contribution in [1.82, 2.24) is 10.2 Å². The van der Waals surface area contributed by atoms with Crippen LogP contribution in [0.15, 0.2) is 12.3 Å². The topological polar surface area (TPSA) is 86.2 Å². The van der Waals surface area contributed by atoms with E-state index in [0.717, 1.165) is 0 Å². The fraction of sp³-hybridized carbons (Fsp3) is 0.143. The fourth-order valence-electron chi connectivity index (χ4n) is 0.773. The second-order valence-corrected chi connectivity index (χ2v) is 2.09. The Labute approximate surface area is 68.3 Å². The summed E-state index contributed by atoms with van der Waals surface area (Å²) in [5.74, 6) is -1.06. The predicted octanol–water partition coefficient (Wildman–Crippen LogP) is 0.113. The van der Waals surface area contributed by atoms with Gasteiger partial charge in [-0.1, -0.05) is 12.2 Å². The van der Waals surface area contributed by atoms with E-state index in [0.29, 0.717) is 5.56 Å². The van der Waals surface area contributed by atoms with Crippen molar-refractivity contribution in [1.29, 1.82) is 0 Å². The average molecular weight is 168 g/mol. The molecule has 0 unspecified atom stereocenters. The number of aromatic amines is 1. The molecule has 0 bridgehead atoms. The maximum atomic E-state index is 10.5. The first-order valence-electron chi connectivity index (χ1n) is 3.29. The number of hydrogen-bond donors (Lipinski definition) is 3. The number of carboxylic acid groups (broad SMARTS) is 1. The number of carbonyl (C=O) groups is 1. The minimum atomic E-state index is -1.06. The summed E-state index contributed by atoms with van der Waals surface area (Å²) >= 11 is 0. The Hall–Kier alpha value is -1.62. The second-order valence-electron chi connectivity index (χ2n) is 2.09. The standard InChI is InChI=1S/C7H8N2O3/c10-3-1-2-5-4-8-9-6(5)7(11)12/h1-2,4,10H,3H2,(H,8,9)(H,11,12). The average Bonchev–Trinajstić information content (AvgIpc) is 2.48. The zero-order valence-corrected chi connectivity index (χ0v) is 6.19. The summed E-state index contributed by atoms with van der Waals surface area (Å²) in [5.41, 5.74) is 0.483. The van der Waals surface area contributed by atoms with Crippen molar-refractivity contribution in [2.24, 2.45) is 0 Å². The van der Waals surface area contributed by atoms with Gasteiger partial charge in [-0.05, 0) is 0 Å². The van der Waals surface area contributed by atoms with E-state index in [1.54, 1.807) is 0 Å². The molecule has 5 nitrogen and oxygen atoms in total. The highest BCUT2D eigenvalue weighted by Gasteiger charge is 2.08. The third-order valence-electron chi connectivity index (χ3n) is 1.29. The van der Waals surface area contributed by atoms with Crippen molar-refractivity contribution in [3.63, 3.8) is 0 Å². The van der Waals surface area contributed by atoms with Gasteiger partial charge in [-0.15, -0.1) is 0 Å². The smallest absolute Gasteiger partial charge is 0.354 e. The largest absolute Gasteiger partial charge is 0.477 e. The van der Waals surface area contributed by atoms with Gasteiger partial charge in [0.15, 0.2) is 5.69 Å². The van der Waals surface area contributed by atoms with E-state index < -0.39 is 5.97 Å². The number of aliphatic hydroxyl groups is 1. The van der Waals surface area contributed by atoms with Gasteiger partial charge in [-0.2, -0.15) is 5.10 Å². The highest BCUT2D eigenvalue weighted by atomic mass is 16.4. The van der Waals surface area contributed by atoms with Crippen LogP contribution in [0.1, 0.15) is 16.1 Å². The van der Waals surface area contributed by atoms with Crippen molar-refractivity contribution in [3.8, 4) is 0 Å². The first kappa shape index (κ1) is 8.48. The molecule has 0 aromatic carbocycles. The Morgan fingerprint density at radius 2 is 2.50 bits per heavy atom. The van der Waals surface area contributed by atoms with Gasteiger partial charge in [0.05, 0.1) is 12.8 Å². The summed E-state index contributed by atoms with van der Waals surface area (Å²) in [6.45, 7) is -0.121. The molecule has 0 saturated carbocycles. The van der Waals surface area contributed by atoms with Crippen molar-refractivity contribution < 1.29 is 15.0 Å². The monoisotopic (exact) mass is 168 g/mol. The normalized spacial score (nSPS) is 10.8. The van der Waals surface area contributed by atoms with Crippen LogP contribution in [0.2, 0.25) is 0 Å². The van der Waals surface area contributed by atoms with E-state index in [1.165, 1.54) is 18.3 Å². The molecule has 0 amide bonds. The summed E-state index contributed by atoms with van der Waals surface area (Å²) < 4.78 is 0. The SMILES string of the molecule is O=C(O)c1[nH]ncc1C=CCO. The number of H-pyrrole nitrogens is 1. The molecule has 5 heteroatoms. The number of nitrogens with one attached hydrogen (secondary N) is 1. The fourth-order valence-corrected chi connectivity index (χ4v) is 0.773. The predicted molar refractivity (Wildman–Crippen MR) is 41.7 cm³/mol. The highest BCUT2D eigenvalue weighted by Crippen LogP contribution is 2.05. The molecular weight excluding hydrogens is 160 g/mol. The summed E-state index contributed by atoms with van der Waals surface area (Å²) in [6, 6.07) is 0. The van der Waals surface area contributed by atoms with Crippen LogP contribution in [0.5, 0.6) is 0 Å². The van der Waals surface area contributed by atoms with Crippen LogP contribution in [0.3, 0.4) is 0 Å². The molecule has 64 valence electrons. The Kier molecular flexibility index (Phi) is 2.60. The van der Waals surface area contributed by atoms with Crippen LogP contribution < -0.4 is 0 Å². The van der Waals surface area contributed by atoms with Crippen LogP contribution in [-0.4, -0.2) is 33.0 Å².